The topological polar surface area (TPSA) is 85.0 Å². The van der Waals surface area contributed by atoms with Crippen LogP contribution in [0.15, 0.2) is 0 Å². The molecular formula is C12H24N2O4. The Labute approximate surface area is 108 Å². The van der Waals surface area contributed by atoms with Gasteiger partial charge in [-0.25, -0.2) is 4.79 Å². The van der Waals surface area contributed by atoms with Crippen molar-refractivity contribution < 1.29 is 19.4 Å². The van der Waals surface area contributed by atoms with Crippen LogP contribution >= 0.6 is 0 Å². The Kier molecular flexibility index (Phi) is 4.58. The Hall–Kier alpha value is -0.850. The zero-order chi connectivity index (χ0) is 14.0. The highest BCUT2D eigenvalue weighted by Gasteiger charge is 2.41. The molecule has 0 aromatic carbocycles. The van der Waals surface area contributed by atoms with Gasteiger partial charge in [0.05, 0.1) is 24.9 Å². The van der Waals surface area contributed by atoms with E-state index in [4.69, 9.17) is 15.2 Å². The average molecular weight is 260 g/mol. The van der Waals surface area contributed by atoms with Crippen LogP contribution in [-0.4, -0.2) is 59.6 Å². The van der Waals surface area contributed by atoms with E-state index in [0.29, 0.717) is 13.2 Å². The van der Waals surface area contributed by atoms with E-state index in [1.807, 2.05) is 0 Å². The summed E-state index contributed by atoms with van der Waals surface area (Å²) in [5.41, 5.74) is 3.80. The van der Waals surface area contributed by atoms with Crippen molar-refractivity contribution in [3.8, 4) is 0 Å². The molecule has 106 valence electrons. The van der Waals surface area contributed by atoms with E-state index in [1.165, 1.54) is 4.90 Å². The normalized spacial score (nSPS) is 24.6. The van der Waals surface area contributed by atoms with E-state index in [1.54, 1.807) is 27.7 Å². The maximum absolute atomic E-state index is 12.1. The predicted molar refractivity (Wildman–Crippen MR) is 67.2 cm³/mol. The number of amides is 1. The number of aliphatic hydroxyl groups is 1. The number of ether oxygens (including phenoxy) is 2. The van der Waals surface area contributed by atoms with Crippen molar-refractivity contribution in [1.82, 2.24) is 4.90 Å². The molecule has 1 fully saturated rings. The summed E-state index contributed by atoms with van der Waals surface area (Å²) in [6.07, 6.45) is -0.440. The van der Waals surface area contributed by atoms with Crippen molar-refractivity contribution in [2.24, 2.45) is 5.73 Å². The summed E-state index contributed by atoms with van der Waals surface area (Å²) in [5, 5.41) is 10.2. The van der Waals surface area contributed by atoms with Crippen LogP contribution in [0, 0.1) is 0 Å². The zero-order valence-corrected chi connectivity index (χ0v) is 11.6. The first kappa shape index (κ1) is 15.2. The molecular weight excluding hydrogens is 236 g/mol. The van der Waals surface area contributed by atoms with Gasteiger partial charge >= 0.3 is 6.09 Å². The van der Waals surface area contributed by atoms with Crippen molar-refractivity contribution in [2.45, 2.75) is 44.9 Å². The minimum atomic E-state index is -1.18. The first-order valence-corrected chi connectivity index (χ1v) is 6.17. The molecule has 6 heteroatoms. The molecule has 0 bridgehead atoms. The van der Waals surface area contributed by atoms with Gasteiger partial charge in [0.25, 0.3) is 0 Å². The van der Waals surface area contributed by atoms with Gasteiger partial charge in [0, 0.05) is 13.1 Å². The summed E-state index contributed by atoms with van der Waals surface area (Å²) >= 11 is 0. The molecule has 0 aromatic heterocycles. The third kappa shape index (κ3) is 3.83. The zero-order valence-electron chi connectivity index (χ0n) is 11.6. The van der Waals surface area contributed by atoms with Crippen LogP contribution in [-0.2, 0) is 9.47 Å². The van der Waals surface area contributed by atoms with Gasteiger partial charge in [0.15, 0.2) is 0 Å². The monoisotopic (exact) mass is 260 g/mol. The number of carbonyl (C=O) groups is 1. The SMILES string of the molecule is CC(C)(C)OC(=O)N1CCOCC1C(C)(O)CN. The lowest BCUT2D eigenvalue weighted by atomic mass is 9.95. The highest BCUT2D eigenvalue weighted by atomic mass is 16.6. The van der Waals surface area contributed by atoms with E-state index >= 15 is 0 Å². The van der Waals surface area contributed by atoms with Crippen molar-refractivity contribution >= 4 is 6.09 Å². The summed E-state index contributed by atoms with van der Waals surface area (Å²) in [7, 11) is 0. The van der Waals surface area contributed by atoms with Crippen LogP contribution < -0.4 is 5.73 Å². The third-order valence-corrected chi connectivity index (χ3v) is 2.89. The number of carbonyl (C=O) groups excluding carboxylic acids is 1. The third-order valence-electron chi connectivity index (χ3n) is 2.89. The number of nitrogens with two attached hydrogens (primary N) is 1. The molecule has 18 heavy (non-hydrogen) atoms. The van der Waals surface area contributed by atoms with E-state index < -0.39 is 23.3 Å². The molecule has 1 heterocycles. The number of nitrogens with zero attached hydrogens (tertiary/aromatic N) is 1. The summed E-state index contributed by atoms with van der Waals surface area (Å²) in [5.74, 6) is 0. The van der Waals surface area contributed by atoms with Gasteiger partial charge in [-0.05, 0) is 27.7 Å². The Bertz CT molecular complexity index is 299. The fourth-order valence-electron chi connectivity index (χ4n) is 1.79. The van der Waals surface area contributed by atoms with Crippen LogP contribution in [0.5, 0.6) is 0 Å². The maximum Gasteiger partial charge on any atom is 0.410 e. The highest BCUT2D eigenvalue weighted by molar-refractivity contribution is 5.69. The van der Waals surface area contributed by atoms with E-state index in [9.17, 15) is 9.90 Å². The standard InChI is InChI=1S/C12H24N2O4/c1-11(2,3)18-10(15)14-5-6-17-7-9(14)12(4,16)8-13/h9,16H,5-8,13H2,1-4H3. The number of morpholine rings is 1. The van der Waals surface area contributed by atoms with Gasteiger partial charge in [0.2, 0.25) is 0 Å². The second kappa shape index (κ2) is 5.42. The number of rotatable bonds is 2. The van der Waals surface area contributed by atoms with Crippen LogP contribution in [0.3, 0.4) is 0 Å². The summed E-state index contributed by atoms with van der Waals surface area (Å²) in [6.45, 7) is 8.18. The molecule has 0 aliphatic carbocycles. The highest BCUT2D eigenvalue weighted by Crippen LogP contribution is 2.21. The minimum absolute atomic E-state index is 0.0559. The van der Waals surface area contributed by atoms with Gasteiger partial charge < -0.3 is 20.3 Å². The van der Waals surface area contributed by atoms with Crippen molar-refractivity contribution in [1.29, 1.82) is 0 Å². The smallest absolute Gasteiger partial charge is 0.410 e. The van der Waals surface area contributed by atoms with E-state index in [-0.39, 0.29) is 13.2 Å². The fraction of sp³-hybridized carbons (Fsp3) is 0.917. The number of hydrogen-bond donors (Lipinski definition) is 2. The molecule has 2 atom stereocenters. The summed E-state index contributed by atoms with van der Waals surface area (Å²) in [6, 6.07) is -0.480. The van der Waals surface area contributed by atoms with E-state index in [2.05, 4.69) is 0 Å². The van der Waals surface area contributed by atoms with Crippen molar-refractivity contribution in [3.05, 3.63) is 0 Å². The van der Waals surface area contributed by atoms with Gasteiger partial charge in [-0.15, -0.1) is 0 Å². The lowest BCUT2D eigenvalue weighted by molar-refractivity contribution is -0.0993. The molecule has 1 saturated heterocycles. The number of hydrogen-bond acceptors (Lipinski definition) is 5. The second-order valence-corrected chi connectivity index (χ2v) is 5.83. The largest absolute Gasteiger partial charge is 0.444 e. The molecule has 1 aliphatic rings. The quantitative estimate of drug-likeness (QED) is 0.747. The molecule has 0 radical (unpaired) electrons. The van der Waals surface area contributed by atoms with Gasteiger partial charge in [-0.2, -0.15) is 0 Å². The lowest BCUT2D eigenvalue weighted by Crippen LogP contribution is -2.62. The predicted octanol–water partition coefficient (Wildman–Crippen LogP) is 0.332. The molecule has 0 aromatic rings. The molecule has 3 N–H and O–H groups in total. The summed E-state index contributed by atoms with van der Waals surface area (Å²) < 4.78 is 10.6. The lowest BCUT2D eigenvalue weighted by Gasteiger charge is -2.43. The van der Waals surface area contributed by atoms with Crippen molar-refractivity contribution in [2.75, 3.05) is 26.3 Å². The average Bonchev–Trinajstić information content (AvgIpc) is 2.27. The summed E-state index contributed by atoms with van der Waals surface area (Å²) in [4.78, 5) is 13.6. The van der Waals surface area contributed by atoms with Crippen LogP contribution in [0.25, 0.3) is 0 Å². The minimum Gasteiger partial charge on any atom is -0.444 e. The second-order valence-electron chi connectivity index (χ2n) is 5.83. The van der Waals surface area contributed by atoms with Crippen LogP contribution in [0.1, 0.15) is 27.7 Å². The van der Waals surface area contributed by atoms with Crippen LogP contribution in [0.4, 0.5) is 4.79 Å². The fourth-order valence-corrected chi connectivity index (χ4v) is 1.79. The maximum atomic E-state index is 12.1. The van der Waals surface area contributed by atoms with Gasteiger partial charge in [-0.1, -0.05) is 0 Å². The molecule has 1 rings (SSSR count). The Balaban J connectivity index is 2.80. The molecule has 0 spiro atoms. The molecule has 2 unspecified atom stereocenters. The van der Waals surface area contributed by atoms with Crippen LogP contribution in [0.2, 0.25) is 0 Å². The Morgan fingerprint density at radius 3 is 2.61 bits per heavy atom. The molecule has 1 aliphatic heterocycles. The molecule has 0 saturated carbocycles. The van der Waals surface area contributed by atoms with Gasteiger partial charge in [0.1, 0.15) is 5.60 Å². The van der Waals surface area contributed by atoms with E-state index in [0.717, 1.165) is 0 Å². The molecule has 6 nitrogen and oxygen atoms in total. The van der Waals surface area contributed by atoms with Crippen molar-refractivity contribution in [3.63, 3.8) is 0 Å². The first-order chi connectivity index (χ1) is 8.17. The Morgan fingerprint density at radius 1 is 1.50 bits per heavy atom. The first-order valence-electron chi connectivity index (χ1n) is 6.17. The Morgan fingerprint density at radius 2 is 2.11 bits per heavy atom. The molecule has 1 amide bonds. The van der Waals surface area contributed by atoms with Gasteiger partial charge in [-0.3, -0.25) is 4.90 Å².